The molecule has 1 aliphatic rings. The summed E-state index contributed by atoms with van der Waals surface area (Å²) in [6.07, 6.45) is -0.396. The van der Waals surface area contributed by atoms with Crippen LogP contribution in [0.3, 0.4) is 0 Å². The first kappa shape index (κ1) is 17.3. The number of rotatable bonds is 5. The van der Waals surface area contributed by atoms with Crippen molar-refractivity contribution >= 4 is 39.2 Å². The van der Waals surface area contributed by atoms with Crippen molar-refractivity contribution in [2.75, 3.05) is 13.6 Å². The summed E-state index contributed by atoms with van der Waals surface area (Å²) in [4.78, 5) is 10.9. The highest BCUT2D eigenvalue weighted by atomic mass is 35.5. The van der Waals surface area contributed by atoms with Crippen molar-refractivity contribution in [2.24, 2.45) is 0 Å². The van der Waals surface area contributed by atoms with Gasteiger partial charge in [-0.2, -0.15) is 0 Å². The highest BCUT2D eigenvalue weighted by Crippen LogP contribution is 2.44. The molecule has 1 heterocycles. The van der Waals surface area contributed by atoms with Gasteiger partial charge in [0.15, 0.2) is 6.10 Å². The van der Waals surface area contributed by atoms with Crippen molar-refractivity contribution in [3.63, 3.8) is 0 Å². The van der Waals surface area contributed by atoms with E-state index in [0.717, 1.165) is 0 Å². The van der Waals surface area contributed by atoms with Gasteiger partial charge in [0.2, 0.25) is 10.0 Å². The lowest BCUT2D eigenvalue weighted by Gasteiger charge is -2.18. The third kappa shape index (κ3) is 2.90. The Bertz CT molecular complexity index is 720. The van der Waals surface area contributed by atoms with Crippen molar-refractivity contribution in [3.05, 3.63) is 21.7 Å². The summed E-state index contributed by atoms with van der Waals surface area (Å²) in [5, 5.41) is 8.77. The minimum atomic E-state index is -3.80. The molecule has 0 saturated carbocycles. The fourth-order valence-corrected chi connectivity index (χ4v) is 4.36. The number of fused-ring (bicyclic) bond motifs is 1. The van der Waals surface area contributed by atoms with Crippen LogP contribution < -0.4 is 4.74 Å². The predicted octanol–water partition coefficient (Wildman–Crippen LogP) is 2.41. The van der Waals surface area contributed by atoms with Gasteiger partial charge in [0, 0.05) is 25.6 Å². The number of hydrogen-bond acceptors (Lipinski definition) is 4. The summed E-state index contributed by atoms with van der Waals surface area (Å²) in [6, 6.07) is 1.34. The molecule has 122 valence electrons. The summed E-state index contributed by atoms with van der Waals surface area (Å²) >= 11 is 12.1. The molecule has 1 N–H and O–H groups in total. The quantitative estimate of drug-likeness (QED) is 0.863. The van der Waals surface area contributed by atoms with E-state index in [4.69, 9.17) is 33.0 Å². The smallest absolute Gasteiger partial charge is 0.345 e. The van der Waals surface area contributed by atoms with Crippen molar-refractivity contribution in [1.82, 2.24) is 4.31 Å². The van der Waals surface area contributed by atoms with Crippen LogP contribution in [0.4, 0.5) is 0 Å². The van der Waals surface area contributed by atoms with Gasteiger partial charge in [0.05, 0.1) is 5.02 Å². The van der Waals surface area contributed by atoms with Gasteiger partial charge < -0.3 is 9.84 Å². The monoisotopic (exact) mass is 367 g/mol. The van der Waals surface area contributed by atoms with Gasteiger partial charge in [-0.3, -0.25) is 0 Å². The van der Waals surface area contributed by atoms with Crippen molar-refractivity contribution in [3.8, 4) is 5.75 Å². The van der Waals surface area contributed by atoms with E-state index in [2.05, 4.69) is 0 Å². The van der Waals surface area contributed by atoms with Gasteiger partial charge in [0.1, 0.15) is 15.7 Å². The van der Waals surface area contributed by atoms with Crippen LogP contribution in [-0.4, -0.2) is 43.5 Å². The van der Waals surface area contributed by atoms with Crippen LogP contribution in [0.5, 0.6) is 5.75 Å². The second-order valence-electron chi connectivity index (χ2n) is 4.97. The fraction of sp³-hybridized carbons (Fsp3) is 0.462. The van der Waals surface area contributed by atoms with E-state index in [1.807, 2.05) is 6.92 Å². The number of sulfonamides is 1. The van der Waals surface area contributed by atoms with Crippen LogP contribution in [0.1, 0.15) is 18.9 Å². The average molecular weight is 368 g/mol. The van der Waals surface area contributed by atoms with E-state index in [-0.39, 0.29) is 27.1 Å². The number of aliphatic carboxylic acids is 1. The van der Waals surface area contributed by atoms with Gasteiger partial charge in [-0.15, -0.1) is 0 Å². The lowest BCUT2D eigenvalue weighted by molar-refractivity contribution is -0.144. The molecule has 1 atom stereocenters. The zero-order valence-electron chi connectivity index (χ0n) is 12.0. The summed E-state index contributed by atoms with van der Waals surface area (Å²) < 4.78 is 31.5. The van der Waals surface area contributed by atoms with E-state index in [9.17, 15) is 13.2 Å². The number of ether oxygens (including phenoxy) is 1. The molecule has 22 heavy (non-hydrogen) atoms. The molecule has 0 spiro atoms. The Morgan fingerprint density at radius 3 is 2.64 bits per heavy atom. The number of carbonyl (C=O) groups is 1. The van der Waals surface area contributed by atoms with Gasteiger partial charge >= 0.3 is 5.97 Å². The molecule has 1 aliphatic heterocycles. The molecule has 0 radical (unpaired) electrons. The minimum absolute atomic E-state index is 0.0432. The normalized spacial score (nSPS) is 17.4. The maximum atomic E-state index is 12.5. The van der Waals surface area contributed by atoms with Gasteiger partial charge in [-0.05, 0) is 12.5 Å². The van der Waals surface area contributed by atoms with E-state index in [0.29, 0.717) is 18.5 Å². The Balaban J connectivity index is 2.52. The largest absolute Gasteiger partial charge is 0.478 e. The number of nitrogens with zero attached hydrogens (tertiary/aromatic N) is 1. The molecule has 0 aliphatic carbocycles. The Labute approximate surface area is 138 Å². The topological polar surface area (TPSA) is 83.9 Å². The number of halogens is 2. The molecule has 0 saturated heterocycles. The first-order valence-electron chi connectivity index (χ1n) is 6.56. The summed E-state index contributed by atoms with van der Waals surface area (Å²) in [7, 11) is -2.35. The minimum Gasteiger partial charge on any atom is -0.478 e. The molecule has 1 aromatic carbocycles. The predicted molar refractivity (Wildman–Crippen MR) is 82.3 cm³/mol. The van der Waals surface area contributed by atoms with Crippen LogP contribution >= 0.6 is 23.2 Å². The lowest BCUT2D eigenvalue weighted by atomic mass is 10.1. The molecule has 9 heteroatoms. The molecule has 0 fully saturated rings. The van der Waals surface area contributed by atoms with Gasteiger partial charge in [-0.1, -0.05) is 30.1 Å². The number of carboxylic acid groups (broad SMARTS) is 1. The second-order valence-corrected chi connectivity index (χ2v) is 7.74. The van der Waals surface area contributed by atoms with E-state index in [1.54, 1.807) is 0 Å². The number of hydrogen-bond donors (Lipinski definition) is 1. The summed E-state index contributed by atoms with van der Waals surface area (Å²) in [5.74, 6) is -1.01. The third-order valence-corrected chi connectivity index (χ3v) is 6.22. The first-order chi connectivity index (χ1) is 10.2. The Morgan fingerprint density at radius 2 is 2.09 bits per heavy atom. The summed E-state index contributed by atoms with van der Waals surface area (Å²) in [6.45, 7) is 2.19. The van der Waals surface area contributed by atoms with Crippen molar-refractivity contribution < 1.29 is 23.1 Å². The lowest BCUT2D eigenvalue weighted by Crippen LogP contribution is -2.28. The van der Waals surface area contributed by atoms with Crippen LogP contribution in [0.15, 0.2) is 11.0 Å². The Morgan fingerprint density at radius 1 is 1.45 bits per heavy atom. The molecular formula is C13H15Cl2NO5S. The first-order valence-corrected chi connectivity index (χ1v) is 8.76. The SMILES string of the molecule is CCCN(C)S(=O)(=O)c1cc2c(c(Cl)c1Cl)OC(C(=O)O)C2. The fourth-order valence-electron chi connectivity index (χ4n) is 2.23. The molecule has 2 rings (SSSR count). The number of benzene rings is 1. The van der Waals surface area contributed by atoms with Crippen molar-refractivity contribution in [1.29, 1.82) is 0 Å². The second kappa shape index (κ2) is 6.23. The zero-order chi connectivity index (χ0) is 16.7. The molecule has 0 bridgehead atoms. The highest BCUT2D eigenvalue weighted by Gasteiger charge is 2.35. The maximum Gasteiger partial charge on any atom is 0.345 e. The Hall–Kier alpha value is -1.02. The van der Waals surface area contributed by atoms with Gasteiger partial charge in [0.25, 0.3) is 0 Å². The van der Waals surface area contributed by atoms with E-state index >= 15 is 0 Å². The average Bonchev–Trinajstić information content (AvgIpc) is 2.87. The van der Waals surface area contributed by atoms with Crippen LogP contribution in [0.25, 0.3) is 0 Å². The van der Waals surface area contributed by atoms with Crippen LogP contribution in [-0.2, 0) is 21.2 Å². The van der Waals surface area contributed by atoms with E-state index in [1.165, 1.54) is 17.4 Å². The molecule has 1 aromatic rings. The summed E-state index contributed by atoms with van der Waals surface area (Å²) in [5.41, 5.74) is 0.422. The molecule has 0 amide bonds. The molecule has 1 unspecified atom stereocenters. The molecule has 0 aromatic heterocycles. The van der Waals surface area contributed by atoms with Crippen LogP contribution in [0.2, 0.25) is 10.0 Å². The highest BCUT2D eigenvalue weighted by molar-refractivity contribution is 7.89. The molecular weight excluding hydrogens is 353 g/mol. The van der Waals surface area contributed by atoms with Crippen LogP contribution in [0, 0.1) is 0 Å². The zero-order valence-corrected chi connectivity index (χ0v) is 14.3. The van der Waals surface area contributed by atoms with Crippen molar-refractivity contribution in [2.45, 2.75) is 30.8 Å². The molecule has 6 nitrogen and oxygen atoms in total. The number of carboxylic acids is 1. The third-order valence-electron chi connectivity index (χ3n) is 3.37. The van der Waals surface area contributed by atoms with E-state index < -0.39 is 22.1 Å². The standard InChI is InChI=1S/C13H15Cl2NO5S/c1-3-4-16(2)22(19,20)9-6-7-5-8(13(17)18)21-12(7)11(15)10(9)14/h6,8H,3-5H2,1-2H3,(H,17,18). The maximum absolute atomic E-state index is 12.5. The Kier molecular flexibility index (Phi) is 4.91. The van der Waals surface area contributed by atoms with Gasteiger partial charge in [-0.25, -0.2) is 17.5 Å².